The summed E-state index contributed by atoms with van der Waals surface area (Å²) in [6.45, 7) is 12.1. The van der Waals surface area contributed by atoms with Gasteiger partial charge >= 0.3 is 0 Å². The van der Waals surface area contributed by atoms with Gasteiger partial charge in [0.1, 0.15) is 0 Å². The number of aryl methyl sites for hydroxylation is 1. The van der Waals surface area contributed by atoms with Crippen molar-refractivity contribution in [1.29, 1.82) is 0 Å². The third-order valence-electron chi connectivity index (χ3n) is 6.42. The molecule has 0 unspecified atom stereocenters. The maximum Gasteiger partial charge on any atom is 0.236 e. The molecule has 3 rings (SSSR count). The molecule has 0 bridgehead atoms. The molecule has 2 aliphatic rings. The second kappa shape index (κ2) is 12.9. The number of benzene rings is 1. The van der Waals surface area contributed by atoms with Gasteiger partial charge in [-0.2, -0.15) is 0 Å². The molecule has 0 spiro atoms. The van der Waals surface area contributed by atoms with Crippen LogP contribution < -0.4 is 5.32 Å². The highest BCUT2D eigenvalue weighted by molar-refractivity contribution is 5.78. The molecule has 32 heavy (non-hydrogen) atoms. The van der Waals surface area contributed by atoms with E-state index in [2.05, 4.69) is 51.2 Å². The van der Waals surface area contributed by atoms with E-state index in [0.717, 1.165) is 65.3 Å². The smallest absolute Gasteiger partial charge is 0.236 e. The van der Waals surface area contributed by atoms with E-state index in [1.807, 2.05) is 4.90 Å². The molecule has 1 N–H and O–H groups in total. The molecule has 2 fully saturated rings. The minimum Gasteiger partial charge on any atom is -0.385 e. The maximum absolute atomic E-state index is 12.8. The SMILES string of the molecule is COCCCNC(=O)CN1CCN(CC(=O)N2CCN(Cc3ccccc3C)CC2)CC1. The van der Waals surface area contributed by atoms with Crippen molar-refractivity contribution in [3.63, 3.8) is 0 Å². The lowest BCUT2D eigenvalue weighted by atomic mass is 10.1. The molecular weight excluding hydrogens is 406 g/mol. The van der Waals surface area contributed by atoms with Gasteiger partial charge in [-0.25, -0.2) is 0 Å². The Hall–Kier alpha value is -2.00. The van der Waals surface area contributed by atoms with Gasteiger partial charge in [-0.1, -0.05) is 24.3 Å². The van der Waals surface area contributed by atoms with Crippen molar-refractivity contribution < 1.29 is 14.3 Å². The zero-order chi connectivity index (χ0) is 22.8. The molecule has 0 aromatic heterocycles. The van der Waals surface area contributed by atoms with Crippen LogP contribution in [0.1, 0.15) is 17.5 Å². The second-order valence-corrected chi connectivity index (χ2v) is 8.83. The van der Waals surface area contributed by atoms with Gasteiger partial charge in [0.2, 0.25) is 11.8 Å². The number of amides is 2. The predicted octanol–water partition coefficient (Wildman–Crippen LogP) is 0.410. The molecule has 2 aliphatic heterocycles. The van der Waals surface area contributed by atoms with E-state index in [1.165, 1.54) is 11.1 Å². The van der Waals surface area contributed by atoms with Crippen molar-refractivity contribution in [3.05, 3.63) is 35.4 Å². The van der Waals surface area contributed by atoms with E-state index in [1.54, 1.807) is 7.11 Å². The Morgan fingerprint density at radius 1 is 0.906 bits per heavy atom. The minimum absolute atomic E-state index is 0.0641. The average Bonchev–Trinajstić information content (AvgIpc) is 2.80. The van der Waals surface area contributed by atoms with Gasteiger partial charge in [-0.15, -0.1) is 0 Å². The van der Waals surface area contributed by atoms with Crippen molar-refractivity contribution in [1.82, 2.24) is 24.9 Å². The summed E-state index contributed by atoms with van der Waals surface area (Å²) in [6.07, 6.45) is 0.832. The molecule has 8 nitrogen and oxygen atoms in total. The molecule has 0 aliphatic carbocycles. The molecule has 2 amide bonds. The Morgan fingerprint density at radius 3 is 2.19 bits per heavy atom. The third-order valence-corrected chi connectivity index (χ3v) is 6.42. The largest absolute Gasteiger partial charge is 0.385 e. The van der Waals surface area contributed by atoms with Gasteiger partial charge in [0.15, 0.2) is 0 Å². The first-order valence-corrected chi connectivity index (χ1v) is 11.8. The summed E-state index contributed by atoms with van der Waals surface area (Å²) in [4.78, 5) is 33.6. The molecule has 1 aromatic rings. The van der Waals surface area contributed by atoms with Crippen LogP contribution in [0.25, 0.3) is 0 Å². The molecule has 178 valence electrons. The average molecular weight is 446 g/mol. The summed E-state index contributed by atoms with van der Waals surface area (Å²) >= 11 is 0. The fourth-order valence-corrected chi connectivity index (χ4v) is 4.28. The lowest BCUT2D eigenvalue weighted by Crippen LogP contribution is -2.54. The summed E-state index contributed by atoms with van der Waals surface area (Å²) in [7, 11) is 1.67. The third kappa shape index (κ3) is 7.85. The predicted molar refractivity (Wildman–Crippen MR) is 125 cm³/mol. The van der Waals surface area contributed by atoms with E-state index in [0.29, 0.717) is 26.2 Å². The topological polar surface area (TPSA) is 68.4 Å². The second-order valence-electron chi connectivity index (χ2n) is 8.83. The number of nitrogens with zero attached hydrogens (tertiary/aromatic N) is 4. The highest BCUT2D eigenvalue weighted by Gasteiger charge is 2.25. The first kappa shape index (κ1) is 24.6. The van der Waals surface area contributed by atoms with Crippen LogP contribution in [0, 0.1) is 6.92 Å². The number of methoxy groups -OCH3 is 1. The summed E-state index contributed by atoms with van der Waals surface area (Å²) in [5.74, 6) is 0.291. The van der Waals surface area contributed by atoms with Crippen LogP contribution in [0.2, 0.25) is 0 Å². The summed E-state index contributed by atoms with van der Waals surface area (Å²) in [5.41, 5.74) is 2.70. The highest BCUT2D eigenvalue weighted by Crippen LogP contribution is 2.13. The zero-order valence-corrected chi connectivity index (χ0v) is 19.7. The molecule has 1 aromatic carbocycles. The van der Waals surface area contributed by atoms with Gasteiger partial charge in [-0.05, 0) is 24.5 Å². The van der Waals surface area contributed by atoms with Gasteiger partial charge < -0.3 is 15.0 Å². The Labute approximate surface area is 192 Å². The van der Waals surface area contributed by atoms with Crippen LogP contribution in [0.5, 0.6) is 0 Å². The number of hydrogen-bond acceptors (Lipinski definition) is 6. The fourth-order valence-electron chi connectivity index (χ4n) is 4.28. The molecule has 0 atom stereocenters. The van der Waals surface area contributed by atoms with Crippen LogP contribution in [0.15, 0.2) is 24.3 Å². The maximum atomic E-state index is 12.8. The normalized spacial score (nSPS) is 18.6. The fraction of sp³-hybridized carbons (Fsp3) is 0.667. The Bertz CT molecular complexity index is 728. The summed E-state index contributed by atoms with van der Waals surface area (Å²) < 4.78 is 4.99. The van der Waals surface area contributed by atoms with Gasteiger partial charge in [0.25, 0.3) is 0 Å². The first-order valence-electron chi connectivity index (χ1n) is 11.8. The van der Waals surface area contributed by atoms with Crippen LogP contribution in [0.3, 0.4) is 0 Å². The molecule has 0 radical (unpaired) electrons. The Morgan fingerprint density at radius 2 is 1.53 bits per heavy atom. The number of hydrogen-bond donors (Lipinski definition) is 1. The van der Waals surface area contributed by atoms with Crippen LogP contribution in [0.4, 0.5) is 0 Å². The van der Waals surface area contributed by atoms with E-state index >= 15 is 0 Å². The van der Waals surface area contributed by atoms with Crippen molar-refractivity contribution in [2.75, 3.05) is 85.7 Å². The standard InChI is InChI=1S/C24H39N5O3/c1-21-6-3-4-7-22(21)18-26-13-15-29(16-14-26)24(31)20-28-11-9-27(10-12-28)19-23(30)25-8-5-17-32-2/h3-4,6-7H,5,8-20H2,1-2H3,(H,25,30). The van der Waals surface area contributed by atoms with Gasteiger partial charge in [0.05, 0.1) is 13.1 Å². The zero-order valence-electron chi connectivity index (χ0n) is 19.7. The van der Waals surface area contributed by atoms with Crippen LogP contribution >= 0.6 is 0 Å². The first-order chi connectivity index (χ1) is 15.5. The lowest BCUT2D eigenvalue weighted by molar-refractivity contribution is -0.135. The monoisotopic (exact) mass is 445 g/mol. The van der Waals surface area contributed by atoms with Crippen molar-refractivity contribution in [3.8, 4) is 0 Å². The number of carbonyl (C=O) groups is 2. The number of carbonyl (C=O) groups excluding carboxylic acids is 2. The summed E-state index contributed by atoms with van der Waals surface area (Å²) in [5, 5.41) is 2.93. The number of piperazine rings is 2. The van der Waals surface area contributed by atoms with E-state index < -0.39 is 0 Å². The van der Waals surface area contributed by atoms with Crippen molar-refractivity contribution >= 4 is 11.8 Å². The Kier molecular flexibility index (Phi) is 9.92. The van der Waals surface area contributed by atoms with Crippen LogP contribution in [-0.4, -0.2) is 117 Å². The van der Waals surface area contributed by atoms with E-state index in [9.17, 15) is 9.59 Å². The van der Waals surface area contributed by atoms with Crippen molar-refractivity contribution in [2.24, 2.45) is 0 Å². The molecule has 0 saturated carbocycles. The lowest BCUT2D eigenvalue weighted by Gasteiger charge is -2.38. The number of ether oxygens (including phenoxy) is 1. The van der Waals surface area contributed by atoms with E-state index in [4.69, 9.17) is 4.74 Å². The Balaban J connectivity index is 1.31. The minimum atomic E-state index is 0.0641. The molecular formula is C24H39N5O3. The molecule has 2 heterocycles. The number of rotatable bonds is 10. The number of nitrogens with one attached hydrogen (secondary N) is 1. The van der Waals surface area contributed by atoms with E-state index in [-0.39, 0.29) is 11.8 Å². The van der Waals surface area contributed by atoms with Gasteiger partial charge in [-0.3, -0.25) is 24.3 Å². The van der Waals surface area contributed by atoms with Crippen LogP contribution in [-0.2, 0) is 20.9 Å². The van der Waals surface area contributed by atoms with Gasteiger partial charge in [0, 0.05) is 79.2 Å². The molecule has 2 saturated heterocycles. The van der Waals surface area contributed by atoms with Crippen molar-refractivity contribution in [2.45, 2.75) is 19.9 Å². The molecule has 8 heteroatoms. The summed E-state index contributed by atoms with van der Waals surface area (Å²) in [6, 6.07) is 8.52. The highest BCUT2D eigenvalue weighted by atomic mass is 16.5. The quantitative estimate of drug-likeness (QED) is 0.526.